The standard InChI is InChI=1S/C25H25F3N4O2/c26-25(27,28)19-6-3-7-20(12-19)34-24-13-23(29-16-30-24)32-11-9-21(22(33)15-32)31-10-8-17-4-1-2-5-18(17)14-31/h1-7,12-13,16,21-22,33H,8-11,14-15H2/t21?,22-/m0/s1. The number of piperidine rings is 1. The summed E-state index contributed by atoms with van der Waals surface area (Å²) >= 11 is 0. The first-order valence-corrected chi connectivity index (χ1v) is 11.3. The molecule has 0 spiro atoms. The highest BCUT2D eigenvalue weighted by Gasteiger charge is 2.34. The predicted octanol–water partition coefficient (Wildman–Crippen LogP) is 4.29. The van der Waals surface area contributed by atoms with Crippen molar-refractivity contribution in [2.75, 3.05) is 24.5 Å². The lowest BCUT2D eigenvalue weighted by molar-refractivity contribution is -0.137. The number of halogens is 3. The van der Waals surface area contributed by atoms with Crippen LogP contribution in [0.4, 0.5) is 19.0 Å². The molecule has 6 nitrogen and oxygen atoms in total. The second kappa shape index (κ2) is 9.23. The molecule has 1 N–H and O–H groups in total. The number of aromatic nitrogens is 2. The third-order valence-corrected chi connectivity index (χ3v) is 6.51. The van der Waals surface area contributed by atoms with Gasteiger partial charge in [0.15, 0.2) is 0 Å². The van der Waals surface area contributed by atoms with Crippen LogP contribution in [0.5, 0.6) is 11.6 Å². The molecule has 0 aliphatic carbocycles. The molecule has 0 saturated carbocycles. The molecule has 1 fully saturated rings. The van der Waals surface area contributed by atoms with E-state index in [2.05, 4.69) is 39.1 Å². The summed E-state index contributed by atoms with van der Waals surface area (Å²) in [6, 6.07) is 14.7. The SMILES string of the molecule is O[C@H]1CN(c2cc(Oc3cccc(C(F)(F)F)c3)ncn2)CCC1N1CCc2ccccc2C1. The minimum Gasteiger partial charge on any atom is -0.439 e. The lowest BCUT2D eigenvalue weighted by atomic mass is 9.94. The molecule has 1 saturated heterocycles. The summed E-state index contributed by atoms with van der Waals surface area (Å²) < 4.78 is 44.5. The van der Waals surface area contributed by atoms with Gasteiger partial charge in [-0.05, 0) is 42.2 Å². The van der Waals surface area contributed by atoms with Gasteiger partial charge in [0.05, 0.1) is 11.7 Å². The zero-order valence-corrected chi connectivity index (χ0v) is 18.4. The van der Waals surface area contributed by atoms with E-state index in [-0.39, 0.29) is 17.7 Å². The highest BCUT2D eigenvalue weighted by atomic mass is 19.4. The highest BCUT2D eigenvalue weighted by molar-refractivity contribution is 5.43. The molecule has 1 aromatic heterocycles. The fourth-order valence-corrected chi connectivity index (χ4v) is 4.77. The molecule has 5 rings (SSSR count). The van der Waals surface area contributed by atoms with Crippen LogP contribution >= 0.6 is 0 Å². The normalized spacial score (nSPS) is 21.2. The maximum Gasteiger partial charge on any atom is 0.416 e. The van der Waals surface area contributed by atoms with Gasteiger partial charge >= 0.3 is 6.18 Å². The number of alkyl halides is 3. The first kappa shape index (κ1) is 22.6. The average molecular weight is 470 g/mol. The van der Waals surface area contributed by atoms with Crippen molar-refractivity contribution >= 4 is 5.82 Å². The van der Waals surface area contributed by atoms with Crippen LogP contribution in [-0.2, 0) is 19.1 Å². The Morgan fingerprint density at radius 2 is 1.79 bits per heavy atom. The molecule has 2 atom stereocenters. The topological polar surface area (TPSA) is 61.7 Å². The molecule has 2 aliphatic rings. The number of hydrogen-bond acceptors (Lipinski definition) is 6. The molecule has 1 unspecified atom stereocenters. The molecule has 34 heavy (non-hydrogen) atoms. The fraction of sp³-hybridized carbons (Fsp3) is 0.360. The lowest BCUT2D eigenvalue weighted by Crippen LogP contribution is -2.55. The molecule has 178 valence electrons. The van der Waals surface area contributed by atoms with Gasteiger partial charge in [-0.25, -0.2) is 9.97 Å². The van der Waals surface area contributed by atoms with E-state index in [4.69, 9.17) is 4.74 Å². The number of fused-ring (bicyclic) bond motifs is 1. The van der Waals surface area contributed by atoms with E-state index < -0.39 is 17.8 Å². The zero-order chi connectivity index (χ0) is 23.7. The number of β-amino-alcohol motifs (C(OH)–C–C–N with tert-alkyl or cyclic N) is 1. The number of benzene rings is 2. The van der Waals surface area contributed by atoms with Crippen LogP contribution in [0.15, 0.2) is 60.9 Å². The Bertz CT molecular complexity index is 1160. The third-order valence-electron chi connectivity index (χ3n) is 6.51. The maximum absolute atomic E-state index is 13.0. The van der Waals surface area contributed by atoms with Crippen LogP contribution < -0.4 is 9.64 Å². The molecule has 2 aromatic carbocycles. The summed E-state index contributed by atoms with van der Waals surface area (Å²) in [6.07, 6.45) is -1.93. The van der Waals surface area contributed by atoms with Crippen LogP contribution in [0, 0.1) is 0 Å². The third kappa shape index (κ3) is 4.85. The predicted molar refractivity (Wildman–Crippen MR) is 121 cm³/mol. The highest BCUT2D eigenvalue weighted by Crippen LogP contribution is 2.33. The summed E-state index contributed by atoms with van der Waals surface area (Å²) in [5.74, 6) is 0.760. The van der Waals surface area contributed by atoms with Crippen molar-refractivity contribution in [3.8, 4) is 11.6 Å². The van der Waals surface area contributed by atoms with Crippen LogP contribution in [0.25, 0.3) is 0 Å². The van der Waals surface area contributed by atoms with Crippen molar-refractivity contribution in [1.82, 2.24) is 14.9 Å². The number of hydrogen-bond donors (Lipinski definition) is 1. The van der Waals surface area contributed by atoms with Crippen molar-refractivity contribution < 1.29 is 23.0 Å². The minimum absolute atomic E-state index is 0.0450. The van der Waals surface area contributed by atoms with E-state index in [0.717, 1.165) is 38.1 Å². The van der Waals surface area contributed by atoms with E-state index in [9.17, 15) is 18.3 Å². The lowest BCUT2D eigenvalue weighted by Gasteiger charge is -2.43. The maximum atomic E-state index is 13.0. The second-order valence-corrected chi connectivity index (χ2v) is 8.70. The van der Waals surface area contributed by atoms with E-state index in [1.165, 1.54) is 29.6 Å². The number of anilines is 1. The Labute approximate surface area is 195 Å². The molecule has 0 amide bonds. The van der Waals surface area contributed by atoms with E-state index >= 15 is 0 Å². The summed E-state index contributed by atoms with van der Waals surface area (Å²) in [5, 5.41) is 10.9. The quantitative estimate of drug-likeness (QED) is 0.614. The number of aliphatic hydroxyl groups is 1. The molecule has 3 heterocycles. The van der Waals surface area contributed by atoms with Gasteiger partial charge in [-0.15, -0.1) is 0 Å². The van der Waals surface area contributed by atoms with Gasteiger partial charge in [-0.1, -0.05) is 30.3 Å². The number of nitrogens with zero attached hydrogens (tertiary/aromatic N) is 4. The van der Waals surface area contributed by atoms with Crippen LogP contribution in [0.1, 0.15) is 23.1 Å². The van der Waals surface area contributed by atoms with Gasteiger partial charge in [-0.2, -0.15) is 13.2 Å². The molecular formula is C25H25F3N4O2. The first-order chi connectivity index (χ1) is 16.4. The van der Waals surface area contributed by atoms with Crippen molar-refractivity contribution in [2.45, 2.75) is 37.7 Å². The smallest absolute Gasteiger partial charge is 0.416 e. The van der Waals surface area contributed by atoms with Gasteiger partial charge < -0.3 is 14.7 Å². The van der Waals surface area contributed by atoms with E-state index in [0.29, 0.717) is 18.9 Å². The van der Waals surface area contributed by atoms with Crippen LogP contribution in [0.3, 0.4) is 0 Å². The Morgan fingerprint density at radius 3 is 2.59 bits per heavy atom. The Morgan fingerprint density at radius 1 is 0.971 bits per heavy atom. The van der Waals surface area contributed by atoms with Crippen molar-refractivity contribution in [3.63, 3.8) is 0 Å². The van der Waals surface area contributed by atoms with E-state index in [1.54, 1.807) is 6.07 Å². The number of aliphatic hydroxyl groups excluding tert-OH is 1. The molecule has 0 bridgehead atoms. The summed E-state index contributed by atoms with van der Waals surface area (Å²) in [4.78, 5) is 12.6. The fourth-order valence-electron chi connectivity index (χ4n) is 4.77. The monoisotopic (exact) mass is 470 g/mol. The van der Waals surface area contributed by atoms with Crippen molar-refractivity contribution in [3.05, 3.63) is 77.6 Å². The molecule has 2 aliphatic heterocycles. The van der Waals surface area contributed by atoms with Gasteiger partial charge in [0, 0.05) is 38.3 Å². The Balaban J connectivity index is 1.24. The summed E-state index contributed by atoms with van der Waals surface area (Å²) in [5.41, 5.74) is 1.90. The van der Waals surface area contributed by atoms with Gasteiger partial charge in [-0.3, -0.25) is 4.90 Å². The number of ether oxygens (including phenoxy) is 1. The first-order valence-electron chi connectivity index (χ1n) is 11.3. The van der Waals surface area contributed by atoms with Crippen molar-refractivity contribution in [1.29, 1.82) is 0 Å². The largest absolute Gasteiger partial charge is 0.439 e. The molecule has 3 aromatic rings. The van der Waals surface area contributed by atoms with Gasteiger partial charge in [0.25, 0.3) is 0 Å². The average Bonchev–Trinajstić information content (AvgIpc) is 2.83. The number of rotatable bonds is 4. The molecule has 0 radical (unpaired) electrons. The molecular weight excluding hydrogens is 445 g/mol. The Hall–Kier alpha value is -3.17. The van der Waals surface area contributed by atoms with Crippen LogP contribution in [-0.4, -0.2) is 51.8 Å². The van der Waals surface area contributed by atoms with Gasteiger partial charge in [0.2, 0.25) is 5.88 Å². The summed E-state index contributed by atoms with van der Waals surface area (Å²) in [6.45, 7) is 2.85. The molecule has 9 heteroatoms. The second-order valence-electron chi connectivity index (χ2n) is 8.70. The zero-order valence-electron chi connectivity index (χ0n) is 18.4. The van der Waals surface area contributed by atoms with E-state index in [1.807, 2.05) is 4.90 Å². The minimum atomic E-state index is -4.45. The van der Waals surface area contributed by atoms with Gasteiger partial charge in [0.1, 0.15) is 17.9 Å². The van der Waals surface area contributed by atoms with Crippen molar-refractivity contribution in [2.24, 2.45) is 0 Å². The summed E-state index contributed by atoms with van der Waals surface area (Å²) in [7, 11) is 0. The Kier molecular flexibility index (Phi) is 6.14. The van der Waals surface area contributed by atoms with Crippen LogP contribution in [0.2, 0.25) is 0 Å².